The highest BCUT2D eigenvalue weighted by Crippen LogP contribution is 2.21. The maximum absolute atomic E-state index is 13.0. The first kappa shape index (κ1) is 10.4. The molecule has 0 aliphatic rings. The van der Waals surface area contributed by atoms with Crippen molar-refractivity contribution in [3.05, 3.63) is 32.6 Å². The van der Waals surface area contributed by atoms with E-state index in [1.165, 1.54) is 12.1 Å². The van der Waals surface area contributed by atoms with E-state index in [9.17, 15) is 9.18 Å². The third kappa shape index (κ3) is 1.99. The van der Waals surface area contributed by atoms with Crippen molar-refractivity contribution in [3.63, 3.8) is 0 Å². The fourth-order valence-electron chi connectivity index (χ4n) is 1.14. The summed E-state index contributed by atoms with van der Waals surface area (Å²) in [6.45, 7) is 1.81. The van der Waals surface area contributed by atoms with Crippen molar-refractivity contribution < 1.29 is 14.3 Å². The van der Waals surface area contributed by atoms with E-state index in [4.69, 9.17) is 5.11 Å². The lowest BCUT2D eigenvalue weighted by atomic mass is 10.1. The molecule has 1 aromatic rings. The van der Waals surface area contributed by atoms with Gasteiger partial charge in [0.1, 0.15) is 5.82 Å². The molecule has 0 amide bonds. The van der Waals surface area contributed by atoms with Crippen LogP contribution in [0.3, 0.4) is 0 Å². The van der Waals surface area contributed by atoms with E-state index in [0.717, 1.165) is 0 Å². The Morgan fingerprint density at radius 3 is 2.69 bits per heavy atom. The predicted octanol–water partition coefficient (Wildman–Crippen LogP) is 2.69. The Hall–Kier alpha value is -0.650. The highest BCUT2D eigenvalue weighted by atomic mass is 127. The Morgan fingerprint density at radius 2 is 2.23 bits per heavy atom. The lowest BCUT2D eigenvalue weighted by Crippen LogP contribution is -2.05. The number of hydrogen-bond acceptors (Lipinski definition) is 1. The van der Waals surface area contributed by atoms with Gasteiger partial charge in [0.15, 0.2) is 0 Å². The average Bonchev–Trinajstić information content (AvgIpc) is 2.09. The summed E-state index contributed by atoms with van der Waals surface area (Å²) >= 11 is 1.83. The molecule has 0 atom stereocenters. The van der Waals surface area contributed by atoms with Crippen LogP contribution in [0.5, 0.6) is 0 Å². The molecule has 0 aliphatic heterocycles. The fourth-order valence-corrected chi connectivity index (χ4v) is 1.99. The third-order valence-electron chi connectivity index (χ3n) is 1.78. The van der Waals surface area contributed by atoms with E-state index in [0.29, 0.717) is 15.6 Å². The molecule has 0 aromatic heterocycles. The number of rotatable bonds is 2. The second kappa shape index (κ2) is 4.04. The Kier molecular flexibility index (Phi) is 3.24. The standard InChI is InChI=1S/C9H8FIO2/c1-2-5-6(9(12)13)3-4-7(10)8(5)11/h3-4H,2H2,1H3,(H,12,13). The molecule has 70 valence electrons. The van der Waals surface area contributed by atoms with Gasteiger partial charge in [-0.1, -0.05) is 6.92 Å². The van der Waals surface area contributed by atoms with Crippen molar-refractivity contribution in [1.29, 1.82) is 0 Å². The van der Waals surface area contributed by atoms with Crippen LogP contribution in [0.15, 0.2) is 12.1 Å². The van der Waals surface area contributed by atoms with Crippen LogP contribution in [0.25, 0.3) is 0 Å². The fraction of sp³-hybridized carbons (Fsp3) is 0.222. The van der Waals surface area contributed by atoms with Gasteiger partial charge in [0.2, 0.25) is 0 Å². The van der Waals surface area contributed by atoms with Gasteiger partial charge in [-0.15, -0.1) is 0 Å². The molecule has 0 spiro atoms. The van der Waals surface area contributed by atoms with Crippen LogP contribution in [0.4, 0.5) is 4.39 Å². The van der Waals surface area contributed by atoms with Gasteiger partial charge in [-0.2, -0.15) is 0 Å². The van der Waals surface area contributed by atoms with Gasteiger partial charge in [0.05, 0.1) is 9.13 Å². The van der Waals surface area contributed by atoms with Gasteiger partial charge in [0, 0.05) is 0 Å². The molecule has 0 heterocycles. The third-order valence-corrected chi connectivity index (χ3v) is 2.95. The molecule has 2 nitrogen and oxygen atoms in total. The SMILES string of the molecule is CCc1c(C(=O)O)ccc(F)c1I. The Labute approximate surface area is 88.9 Å². The minimum absolute atomic E-state index is 0.188. The lowest BCUT2D eigenvalue weighted by Gasteiger charge is -2.06. The van der Waals surface area contributed by atoms with Gasteiger partial charge >= 0.3 is 5.97 Å². The first-order chi connectivity index (χ1) is 6.07. The summed E-state index contributed by atoms with van der Waals surface area (Å²) in [5, 5.41) is 8.79. The maximum Gasteiger partial charge on any atom is 0.336 e. The van der Waals surface area contributed by atoms with Gasteiger partial charge in [-0.3, -0.25) is 0 Å². The summed E-state index contributed by atoms with van der Waals surface area (Å²) in [6, 6.07) is 2.49. The summed E-state index contributed by atoms with van der Waals surface area (Å²) in [5.74, 6) is -1.36. The summed E-state index contributed by atoms with van der Waals surface area (Å²) in [4.78, 5) is 10.7. The van der Waals surface area contributed by atoms with E-state index in [-0.39, 0.29) is 11.4 Å². The van der Waals surface area contributed by atoms with E-state index < -0.39 is 5.97 Å². The summed E-state index contributed by atoms with van der Waals surface area (Å²) < 4.78 is 13.4. The number of aromatic carboxylic acids is 1. The smallest absolute Gasteiger partial charge is 0.336 e. The van der Waals surface area contributed by atoms with Crippen molar-refractivity contribution in [3.8, 4) is 0 Å². The molecular formula is C9H8FIO2. The summed E-state index contributed by atoms with van der Waals surface area (Å²) in [6.07, 6.45) is 0.525. The van der Waals surface area contributed by atoms with E-state index >= 15 is 0 Å². The average molecular weight is 294 g/mol. The molecule has 0 fully saturated rings. The number of benzene rings is 1. The summed E-state index contributed by atoms with van der Waals surface area (Å²) in [7, 11) is 0. The maximum atomic E-state index is 13.0. The molecule has 1 aromatic carbocycles. The van der Waals surface area contributed by atoms with E-state index in [1.54, 1.807) is 0 Å². The molecule has 0 bridgehead atoms. The number of halogens is 2. The van der Waals surface area contributed by atoms with Crippen LogP contribution in [-0.4, -0.2) is 11.1 Å². The first-order valence-corrected chi connectivity index (χ1v) is 4.86. The molecular weight excluding hydrogens is 286 g/mol. The Morgan fingerprint density at radius 1 is 1.62 bits per heavy atom. The zero-order chi connectivity index (χ0) is 10.0. The number of carboxylic acids is 1. The molecule has 0 saturated heterocycles. The van der Waals surface area contributed by atoms with Crippen LogP contribution in [-0.2, 0) is 6.42 Å². The monoisotopic (exact) mass is 294 g/mol. The molecule has 0 saturated carbocycles. The van der Waals surface area contributed by atoms with Gasteiger partial charge in [-0.05, 0) is 46.7 Å². The zero-order valence-corrected chi connectivity index (χ0v) is 9.13. The number of hydrogen-bond donors (Lipinski definition) is 1. The van der Waals surface area contributed by atoms with Gasteiger partial charge in [-0.25, -0.2) is 9.18 Å². The van der Waals surface area contributed by atoms with Crippen molar-refractivity contribution >= 4 is 28.6 Å². The predicted molar refractivity (Wildman–Crippen MR) is 55.5 cm³/mol. The minimum atomic E-state index is -1.00. The number of carbonyl (C=O) groups is 1. The minimum Gasteiger partial charge on any atom is -0.478 e. The van der Waals surface area contributed by atoms with Crippen molar-refractivity contribution in [1.82, 2.24) is 0 Å². The van der Waals surface area contributed by atoms with Crippen LogP contribution in [0.1, 0.15) is 22.8 Å². The van der Waals surface area contributed by atoms with Crippen LogP contribution < -0.4 is 0 Å². The number of carboxylic acid groups (broad SMARTS) is 1. The highest BCUT2D eigenvalue weighted by molar-refractivity contribution is 14.1. The van der Waals surface area contributed by atoms with Crippen LogP contribution in [0.2, 0.25) is 0 Å². The quantitative estimate of drug-likeness (QED) is 0.852. The molecule has 0 unspecified atom stereocenters. The first-order valence-electron chi connectivity index (χ1n) is 3.78. The van der Waals surface area contributed by atoms with E-state index in [2.05, 4.69) is 0 Å². The molecule has 0 aliphatic carbocycles. The van der Waals surface area contributed by atoms with Crippen molar-refractivity contribution in [2.24, 2.45) is 0 Å². The zero-order valence-electron chi connectivity index (χ0n) is 6.97. The Bertz CT molecular complexity index is 350. The van der Waals surface area contributed by atoms with Crippen LogP contribution in [0, 0.1) is 9.39 Å². The molecule has 13 heavy (non-hydrogen) atoms. The second-order valence-corrected chi connectivity index (χ2v) is 3.62. The van der Waals surface area contributed by atoms with E-state index in [1.807, 2.05) is 29.5 Å². The topological polar surface area (TPSA) is 37.3 Å². The lowest BCUT2D eigenvalue weighted by molar-refractivity contribution is 0.0695. The van der Waals surface area contributed by atoms with Gasteiger partial charge < -0.3 is 5.11 Å². The largest absolute Gasteiger partial charge is 0.478 e. The molecule has 1 rings (SSSR count). The van der Waals surface area contributed by atoms with Gasteiger partial charge in [0.25, 0.3) is 0 Å². The van der Waals surface area contributed by atoms with Crippen molar-refractivity contribution in [2.45, 2.75) is 13.3 Å². The van der Waals surface area contributed by atoms with Crippen molar-refractivity contribution in [2.75, 3.05) is 0 Å². The normalized spacial score (nSPS) is 10.1. The Balaban J connectivity index is 3.38. The van der Waals surface area contributed by atoms with Crippen LogP contribution >= 0.6 is 22.6 Å². The highest BCUT2D eigenvalue weighted by Gasteiger charge is 2.14. The molecule has 0 radical (unpaired) electrons. The molecule has 1 N–H and O–H groups in total. The summed E-state index contributed by atoms with van der Waals surface area (Å²) in [5.41, 5.74) is 0.751. The second-order valence-electron chi connectivity index (χ2n) is 2.55. The molecule has 4 heteroatoms.